The standard InChI is InChI=1S/C44H57N5O11/c1-24(2)20-34(38(53)45-25(3)42(57)60-44(5,6)7)46-40(55)36(22-50)47-41(56)37(26(4)51)49-39(54)35(21-27-16-18-28(52)19-17-27)48-43(58)59-23-33-31-14-10-8-12-29(31)30-13-9-11-15-32(30)33/h8-19,24-26,33-37,50-52H,20-23H2,1-7H3,(H,45,53)(H,46,55)(H,47,56)(H,48,58)(H,49,54)/t25-,26+,34-,35-,36-,37-/m0/s1. The van der Waals surface area contributed by atoms with Crippen molar-refractivity contribution in [3.8, 4) is 16.9 Å². The molecular formula is C44H57N5O11. The zero-order valence-electron chi connectivity index (χ0n) is 35.0. The molecule has 0 unspecified atom stereocenters. The summed E-state index contributed by atoms with van der Waals surface area (Å²) in [7, 11) is 0. The normalized spacial score (nSPS) is 15.2. The number of aromatic hydroxyl groups is 1. The fraction of sp³-hybridized carbons (Fsp3) is 0.455. The summed E-state index contributed by atoms with van der Waals surface area (Å²) in [5.74, 6) is -4.67. The number of ether oxygens (including phenoxy) is 2. The summed E-state index contributed by atoms with van der Waals surface area (Å²) < 4.78 is 11.0. The Balaban J connectivity index is 1.45. The molecule has 5 amide bonds. The number of carbonyl (C=O) groups excluding carboxylic acids is 6. The van der Waals surface area contributed by atoms with Crippen LogP contribution in [0.5, 0.6) is 5.75 Å². The Morgan fingerprint density at radius 1 is 0.683 bits per heavy atom. The highest BCUT2D eigenvalue weighted by Crippen LogP contribution is 2.44. The van der Waals surface area contributed by atoms with E-state index in [1.165, 1.54) is 26.0 Å². The Morgan fingerprint density at radius 2 is 1.22 bits per heavy atom. The molecule has 0 spiro atoms. The van der Waals surface area contributed by atoms with Crippen molar-refractivity contribution in [2.24, 2.45) is 5.92 Å². The second-order valence-corrected chi connectivity index (χ2v) is 16.3. The Labute approximate surface area is 349 Å². The Morgan fingerprint density at radius 3 is 1.75 bits per heavy atom. The Kier molecular flexibility index (Phi) is 16.2. The van der Waals surface area contributed by atoms with Crippen LogP contribution in [0, 0.1) is 5.92 Å². The van der Waals surface area contributed by atoms with Gasteiger partial charge in [-0.05, 0) is 86.9 Å². The maximum Gasteiger partial charge on any atom is 0.407 e. The van der Waals surface area contributed by atoms with Gasteiger partial charge in [0.25, 0.3) is 0 Å². The summed E-state index contributed by atoms with van der Waals surface area (Å²) in [5.41, 5.74) is 3.75. The number of phenolic OH excluding ortho intramolecular Hbond substituents is 1. The van der Waals surface area contributed by atoms with E-state index in [0.717, 1.165) is 22.3 Å². The average Bonchev–Trinajstić information content (AvgIpc) is 3.50. The highest BCUT2D eigenvalue weighted by atomic mass is 16.6. The van der Waals surface area contributed by atoms with Gasteiger partial charge in [-0.1, -0.05) is 74.5 Å². The lowest BCUT2D eigenvalue weighted by Crippen LogP contribution is -2.61. The Hall–Kier alpha value is -6.00. The van der Waals surface area contributed by atoms with E-state index >= 15 is 0 Å². The molecule has 324 valence electrons. The molecule has 0 aliphatic heterocycles. The lowest BCUT2D eigenvalue weighted by atomic mass is 9.98. The van der Waals surface area contributed by atoms with Gasteiger partial charge in [-0.2, -0.15) is 0 Å². The molecule has 1 aliphatic rings. The van der Waals surface area contributed by atoms with Crippen molar-refractivity contribution in [2.75, 3.05) is 13.2 Å². The molecule has 0 aromatic heterocycles. The monoisotopic (exact) mass is 831 g/mol. The molecule has 16 nitrogen and oxygen atoms in total. The molecule has 0 saturated heterocycles. The first-order chi connectivity index (χ1) is 28.3. The summed E-state index contributed by atoms with van der Waals surface area (Å²) in [4.78, 5) is 79.9. The van der Waals surface area contributed by atoms with Gasteiger partial charge >= 0.3 is 12.1 Å². The van der Waals surface area contributed by atoms with E-state index in [2.05, 4.69) is 26.6 Å². The molecular weight excluding hydrogens is 775 g/mol. The SMILES string of the molecule is CC(C)C[C@H](NC(=O)[C@H](CO)NC(=O)[C@@H](NC(=O)[C@H](Cc1ccc(O)cc1)NC(=O)OCC1c2ccccc2-c2ccccc21)[C@@H](C)O)C(=O)N[C@@H](C)C(=O)OC(C)(C)C. The number of carbonyl (C=O) groups is 6. The van der Waals surface area contributed by atoms with Crippen LogP contribution in [-0.2, 0) is 39.9 Å². The first kappa shape index (κ1) is 46.7. The maximum atomic E-state index is 13.9. The van der Waals surface area contributed by atoms with E-state index in [1.54, 1.807) is 32.9 Å². The minimum absolute atomic E-state index is 0.0240. The van der Waals surface area contributed by atoms with E-state index in [0.29, 0.717) is 5.56 Å². The van der Waals surface area contributed by atoms with Gasteiger partial charge in [0, 0.05) is 12.3 Å². The van der Waals surface area contributed by atoms with Crippen molar-refractivity contribution in [2.45, 2.75) is 109 Å². The average molecular weight is 832 g/mol. The maximum absolute atomic E-state index is 13.9. The molecule has 0 bridgehead atoms. The predicted octanol–water partition coefficient (Wildman–Crippen LogP) is 2.56. The quantitative estimate of drug-likeness (QED) is 0.0867. The van der Waals surface area contributed by atoms with Crippen LogP contribution < -0.4 is 26.6 Å². The summed E-state index contributed by atoms with van der Waals surface area (Å²) in [5, 5.41) is 43.0. The number of rotatable bonds is 18. The molecule has 60 heavy (non-hydrogen) atoms. The lowest BCUT2D eigenvalue weighted by molar-refractivity contribution is -0.158. The second-order valence-electron chi connectivity index (χ2n) is 16.3. The third kappa shape index (κ3) is 13.0. The zero-order chi connectivity index (χ0) is 44.3. The van der Waals surface area contributed by atoms with Gasteiger partial charge in [0.05, 0.1) is 12.7 Å². The fourth-order valence-electron chi connectivity index (χ4n) is 6.71. The first-order valence-corrected chi connectivity index (χ1v) is 19.9. The highest BCUT2D eigenvalue weighted by molar-refractivity contribution is 5.96. The van der Waals surface area contributed by atoms with E-state index in [9.17, 15) is 44.1 Å². The molecule has 3 aromatic rings. The predicted molar refractivity (Wildman–Crippen MR) is 221 cm³/mol. The second kappa shape index (κ2) is 20.8. The first-order valence-electron chi connectivity index (χ1n) is 19.9. The number of aliphatic hydroxyl groups excluding tert-OH is 2. The fourth-order valence-corrected chi connectivity index (χ4v) is 6.71. The van der Waals surface area contributed by atoms with E-state index in [4.69, 9.17) is 9.47 Å². The van der Waals surface area contributed by atoms with Gasteiger partial charge in [-0.3, -0.25) is 19.2 Å². The number of alkyl carbamates (subject to hydrolysis) is 1. The van der Waals surface area contributed by atoms with Crippen LogP contribution in [0.25, 0.3) is 11.1 Å². The van der Waals surface area contributed by atoms with Gasteiger partial charge in [-0.15, -0.1) is 0 Å². The van der Waals surface area contributed by atoms with Gasteiger partial charge in [0.1, 0.15) is 48.2 Å². The van der Waals surface area contributed by atoms with Crippen molar-refractivity contribution >= 4 is 35.7 Å². The van der Waals surface area contributed by atoms with Crippen molar-refractivity contribution in [3.63, 3.8) is 0 Å². The third-order valence-electron chi connectivity index (χ3n) is 9.67. The van der Waals surface area contributed by atoms with Gasteiger partial charge in [0.2, 0.25) is 23.6 Å². The molecule has 0 fully saturated rings. The molecule has 16 heteroatoms. The van der Waals surface area contributed by atoms with Crippen LogP contribution in [0.15, 0.2) is 72.8 Å². The number of amides is 5. The molecule has 3 aromatic carbocycles. The number of fused-ring (bicyclic) bond motifs is 3. The van der Waals surface area contributed by atoms with Crippen molar-refractivity contribution in [1.29, 1.82) is 0 Å². The number of aliphatic hydroxyl groups is 2. The molecule has 6 atom stereocenters. The molecule has 0 radical (unpaired) electrons. The van der Waals surface area contributed by atoms with Crippen LogP contribution in [0.4, 0.5) is 4.79 Å². The largest absolute Gasteiger partial charge is 0.508 e. The number of hydrogen-bond acceptors (Lipinski definition) is 11. The molecule has 8 N–H and O–H groups in total. The van der Waals surface area contributed by atoms with E-state index in [-0.39, 0.29) is 37.0 Å². The highest BCUT2D eigenvalue weighted by Gasteiger charge is 2.35. The summed E-state index contributed by atoms with van der Waals surface area (Å²) in [6, 6.07) is 14.6. The van der Waals surface area contributed by atoms with Crippen molar-refractivity contribution in [3.05, 3.63) is 89.5 Å². The van der Waals surface area contributed by atoms with Crippen LogP contribution in [0.1, 0.15) is 77.5 Å². The van der Waals surface area contributed by atoms with Crippen molar-refractivity contribution < 1.29 is 53.6 Å². The molecule has 4 rings (SSSR count). The van der Waals surface area contributed by atoms with Crippen LogP contribution in [0.3, 0.4) is 0 Å². The van der Waals surface area contributed by atoms with Crippen LogP contribution in [-0.4, -0.2) is 106 Å². The van der Waals surface area contributed by atoms with Crippen molar-refractivity contribution in [1.82, 2.24) is 26.6 Å². The van der Waals surface area contributed by atoms with Gasteiger partial charge < -0.3 is 51.4 Å². The molecule has 0 heterocycles. The zero-order valence-corrected chi connectivity index (χ0v) is 35.0. The van der Waals surface area contributed by atoms with Crippen LogP contribution >= 0.6 is 0 Å². The lowest BCUT2D eigenvalue weighted by Gasteiger charge is -2.28. The summed E-state index contributed by atoms with van der Waals surface area (Å²) in [6.07, 6.45) is -2.44. The van der Waals surface area contributed by atoms with Crippen LogP contribution in [0.2, 0.25) is 0 Å². The summed E-state index contributed by atoms with van der Waals surface area (Å²) in [6.45, 7) is 10.3. The van der Waals surface area contributed by atoms with E-state index in [1.807, 2.05) is 62.4 Å². The van der Waals surface area contributed by atoms with Gasteiger partial charge in [0.15, 0.2) is 0 Å². The number of esters is 1. The number of benzene rings is 3. The van der Waals surface area contributed by atoms with Gasteiger partial charge in [-0.25, -0.2) is 9.59 Å². The minimum atomic E-state index is -1.68. The third-order valence-corrected chi connectivity index (χ3v) is 9.67. The smallest absolute Gasteiger partial charge is 0.407 e. The minimum Gasteiger partial charge on any atom is -0.508 e. The number of phenols is 1. The van der Waals surface area contributed by atoms with E-state index < -0.39 is 84.2 Å². The molecule has 0 saturated carbocycles. The molecule has 1 aliphatic carbocycles. The Bertz CT molecular complexity index is 1950. The summed E-state index contributed by atoms with van der Waals surface area (Å²) >= 11 is 0. The topological polar surface area (TPSA) is 242 Å². The number of nitrogens with one attached hydrogen (secondary N) is 5. The number of hydrogen-bond donors (Lipinski definition) is 8.